The van der Waals surface area contributed by atoms with Crippen LogP contribution in [0.2, 0.25) is 0 Å². The molecule has 3 aromatic carbocycles. The molecule has 1 aliphatic rings. The highest BCUT2D eigenvalue weighted by atomic mass is 19.1. The number of rotatable bonds is 5. The maximum Gasteiger partial charge on any atom is 0.255 e. The Bertz CT molecular complexity index is 1180. The first kappa shape index (κ1) is 21.2. The van der Waals surface area contributed by atoms with Gasteiger partial charge in [-0.05, 0) is 55.0 Å². The molecule has 3 aromatic rings. The molecule has 32 heavy (non-hydrogen) atoms. The average Bonchev–Trinajstić information content (AvgIpc) is 3.16. The lowest BCUT2D eigenvalue weighted by atomic mass is 10.1. The number of hydrogen-bond donors (Lipinski definition) is 2. The fourth-order valence-corrected chi connectivity index (χ4v) is 3.66. The Morgan fingerprint density at radius 3 is 2.38 bits per heavy atom. The Morgan fingerprint density at radius 2 is 1.66 bits per heavy atom. The number of carbonyl (C=O) groups is 3. The molecule has 3 amide bonds. The summed E-state index contributed by atoms with van der Waals surface area (Å²) in [6.45, 7) is 1.88. The van der Waals surface area contributed by atoms with Crippen LogP contribution in [0.1, 0.15) is 22.3 Å². The number of aryl methyl sites for hydroxylation is 1. The molecular formula is C25H22FN3O3. The number of amides is 3. The molecule has 0 saturated carbocycles. The molecule has 1 atom stereocenters. The van der Waals surface area contributed by atoms with Gasteiger partial charge in [-0.25, -0.2) is 4.39 Å². The minimum absolute atomic E-state index is 0.00356. The Morgan fingerprint density at radius 1 is 0.938 bits per heavy atom. The molecule has 1 saturated heterocycles. The van der Waals surface area contributed by atoms with Gasteiger partial charge in [0.1, 0.15) is 5.82 Å². The predicted octanol–water partition coefficient (Wildman–Crippen LogP) is 4.38. The Hall–Kier alpha value is -4.00. The van der Waals surface area contributed by atoms with Gasteiger partial charge in [0.2, 0.25) is 11.8 Å². The summed E-state index contributed by atoms with van der Waals surface area (Å²) < 4.78 is 14.3. The lowest BCUT2D eigenvalue weighted by Gasteiger charge is -2.18. The molecule has 0 aliphatic carbocycles. The van der Waals surface area contributed by atoms with Crippen LogP contribution in [0.15, 0.2) is 72.8 Å². The van der Waals surface area contributed by atoms with E-state index >= 15 is 0 Å². The standard InChI is InChI=1S/C25H22FN3O3/c1-16-10-11-22(21(26)12-16)29-15-18(13-23(29)30)25(32)28-20-9-5-8-19(14-20)27-24(31)17-6-3-2-4-7-17/h2-12,14,18H,13,15H2,1H3,(H,27,31)(H,28,32). The third-order valence-corrected chi connectivity index (χ3v) is 5.31. The Labute approximate surface area is 185 Å². The summed E-state index contributed by atoms with van der Waals surface area (Å²) >= 11 is 0. The third kappa shape index (κ3) is 4.67. The second-order valence-electron chi connectivity index (χ2n) is 7.75. The van der Waals surface area contributed by atoms with E-state index in [9.17, 15) is 18.8 Å². The molecule has 162 valence electrons. The van der Waals surface area contributed by atoms with Gasteiger partial charge in [0.25, 0.3) is 5.91 Å². The fraction of sp³-hybridized carbons (Fsp3) is 0.160. The van der Waals surface area contributed by atoms with Gasteiger partial charge in [0, 0.05) is 29.9 Å². The van der Waals surface area contributed by atoms with Crippen molar-refractivity contribution in [3.8, 4) is 0 Å². The van der Waals surface area contributed by atoms with Crippen LogP contribution >= 0.6 is 0 Å². The highest BCUT2D eigenvalue weighted by Crippen LogP contribution is 2.29. The third-order valence-electron chi connectivity index (χ3n) is 5.31. The van der Waals surface area contributed by atoms with E-state index in [4.69, 9.17) is 0 Å². The highest BCUT2D eigenvalue weighted by molar-refractivity contribution is 6.05. The zero-order chi connectivity index (χ0) is 22.7. The molecule has 1 heterocycles. The van der Waals surface area contributed by atoms with Crippen molar-refractivity contribution < 1.29 is 18.8 Å². The minimum Gasteiger partial charge on any atom is -0.326 e. The van der Waals surface area contributed by atoms with E-state index in [1.807, 2.05) is 6.07 Å². The van der Waals surface area contributed by atoms with Crippen LogP contribution in [0.3, 0.4) is 0 Å². The summed E-state index contributed by atoms with van der Waals surface area (Å²) in [6.07, 6.45) is 0.00356. The van der Waals surface area contributed by atoms with Crippen LogP contribution in [0.4, 0.5) is 21.5 Å². The fourth-order valence-electron chi connectivity index (χ4n) is 3.66. The summed E-state index contributed by atoms with van der Waals surface area (Å²) in [7, 11) is 0. The normalized spacial score (nSPS) is 15.5. The van der Waals surface area contributed by atoms with Crippen molar-refractivity contribution in [2.75, 3.05) is 22.1 Å². The largest absolute Gasteiger partial charge is 0.326 e. The zero-order valence-electron chi connectivity index (χ0n) is 17.5. The summed E-state index contributed by atoms with van der Waals surface area (Å²) in [5, 5.41) is 5.58. The van der Waals surface area contributed by atoms with E-state index in [-0.39, 0.29) is 36.4 Å². The van der Waals surface area contributed by atoms with E-state index in [0.29, 0.717) is 16.9 Å². The van der Waals surface area contributed by atoms with E-state index in [2.05, 4.69) is 10.6 Å². The molecule has 1 aliphatic heterocycles. The quantitative estimate of drug-likeness (QED) is 0.629. The maximum atomic E-state index is 14.3. The predicted molar refractivity (Wildman–Crippen MR) is 121 cm³/mol. The van der Waals surface area contributed by atoms with Crippen molar-refractivity contribution in [2.45, 2.75) is 13.3 Å². The number of carbonyl (C=O) groups excluding carboxylic acids is 3. The van der Waals surface area contributed by atoms with Crippen LogP contribution in [0.25, 0.3) is 0 Å². The van der Waals surface area contributed by atoms with Crippen molar-refractivity contribution in [1.82, 2.24) is 0 Å². The van der Waals surface area contributed by atoms with Crippen molar-refractivity contribution in [3.63, 3.8) is 0 Å². The van der Waals surface area contributed by atoms with Gasteiger partial charge in [-0.3, -0.25) is 14.4 Å². The SMILES string of the molecule is Cc1ccc(N2CC(C(=O)Nc3cccc(NC(=O)c4ccccc4)c3)CC2=O)c(F)c1. The molecule has 6 nitrogen and oxygen atoms in total. The average molecular weight is 431 g/mol. The first-order valence-electron chi connectivity index (χ1n) is 10.2. The summed E-state index contributed by atoms with van der Waals surface area (Å²) in [5.41, 5.74) is 2.48. The van der Waals surface area contributed by atoms with Gasteiger partial charge in [-0.1, -0.05) is 30.3 Å². The van der Waals surface area contributed by atoms with E-state index in [0.717, 1.165) is 5.56 Å². The van der Waals surface area contributed by atoms with Crippen LogP contribution in [-0.2, 0) is 9.59 Å². The summed E-state index contributed by atoms with van der Waals surface area (Å²) in [6, 6.07) is 20.2. The Kier molecular flexibility index (Phi) is 5.98. The van der Waals surface area contributed by atoms with Crippen LogP contribution in [0, 0.1) is 18.7 Å². The molecule has 0 spiro atoms. The second kappa shape index (κ2) is 9.01. The van der Waals surface area contributed by atoms with Gasteiger partial charge < -0.3 is 15.5 Å². The maximum absolute atomic E-state index is 14.3. The van der Waals surface area contributed by atoms with Crippen LogP contribution in [0.5, 0.6) is 0 Å². The molecular weight excluding hydrogens is 409 g/mol. The number of halogens is 1. The number of anilines is 3. The highest BCUT2D eigenvalue weighted by Gasteiger charge is 2.36. The van der Waals surface area contributed by atoms with Crippen LogP contribution < -0.4 is 15.5 Å². The number of hydrogen-bond acceptors (Lipinski definition) is 3. The van der Waals surface area contributed by atoms with E-state index < -0.39 is 11.7 Å². The molecule has 0 radical (unpaired) electrons. The van der Waals surface area contributed by atoms with Gasteiger partial charge in [0.15, 0.2) is 0 Å². The summed E-state index contributed by atoms with van der Waals surface area (Å²) in [4.78, 5) is 38.8. The first-order valence-corrected chi connectivity index (χ1v) is 10.2. The molecule has 4 rings (SSSR count). The van der Waals surface area contributed by atoms with Gasteiger partial charge in [0.05, 0.1) is 11.6 Å². The lowest BCUT2D eigenvalue weighted by Crippen LogP contribution is -2.28. The smallest absolute Gasteiger partial charge is 0.255 e. The molecule has 0 bridgehead atoms. The monoisotopic (exact) mass is 431 g/mol. The molecule has 0 aromatic heterocycles. The number of benzene rings is 3. The van der Waals surface area contributed by atoms with E-state index in [1.165, 1.54) is 11.0 Å². The Balaban J connectivity index is 1.41. The number of nitrogens with zero attached hydrogens (tertiary/aromatic N) is 1. The summed E-state index contributed by atoms with van der Waals surface area (Å²) in [5.74, 6) is -1.98. The number of nitrogens with one attached hydrogen (secondary N) is 2. The van der Waals surface area contributed by atoms with Crippen LogP contribution in [-0.4, -0.2) is 24.3 Å². The van der Waals surface area contributed by atoms with Crippen molar-refractivity contribution in [3.05, 3.63) is 89.7 Å². The zero-order valence-corrected chi connectivity index (χ0v) is 17.5. The van der Waals surface area contributed by atoms with E-state index in [1.54, 1.807) is 67.6 Å². The molecule has 7 heteroatoms. The lowest BCUT2D eigenvalue weighted by molar-refractivity contribution is -0.122. The van der Waals surface area contributed by atoms with Gasteiger partial charge in [-0.2, -0.15) is 0 Å². The molecule has 1 fully saturated rings. The van der Waals surface area contributed by atoms with Crippen molar-refractivity contribution in [2.24, 2.45) is 5.92 Å². The molecule has 2 N–H and O–H groups in total. The minimum atomic E-state index is -0.606. The van der Waals surface area contributed by atoms with Gasteiger partial charge in [-0.15, -0.1) is 0 Å². The van der Waals surface area contributed by atoms with Crippen molar-refractivity contribution >= 4 is 34.8 Å². The van der Waals surface area contributed by atoms with Crippen molar-refractivity contribution in [1.29, 1.82) is 0 Å². The van der Waals surface area contributed by atoms with Gasteiger partial charge >= 0.3 is 0 Å². The molecule has 1 unspecified atom stereocenters. The second-order valence-corrected chi connectivity index (χ2v) is 7.75. The topological polar surface area (TPSA) is 78.5 Å². The first-order chi connectivity index (χ1) is 15.4.